The molecule has 2 N–H and O–H groups in total. The van der Waals surface area contributed by atoms with Gasteiger partial charge in [0.05, 0.1) is 0 Å². The van der Waals surface area contributed by atoms with Gasteiger partial charge in [-0.05, 0) is 38.5 Å². The van der Waals surface area contributed by atoms with E-state index in [1.807, 2.05) is 32.9 Å². The molecular formula is C13H17N3O2. The molecule has 0 unspecified atom stereocenters. The molecule has 0 bridgehead atoms. The minimum atomic E-state index is -0.529. The van der Waals surface area contributed by atoms with Crippen LogP contribution in [0.2, 0.25) is 0 Å². The van der Waals surface area contributed by atoms with Gasteiger partial charge in [0, 0.05) is 24.3 Å². The first-order valence-electron chi connectivity index (χ1n) is 5.81. The van der Waals surface area contributed by atoms with Gasteiger partial charge < -0.3 is 10.5 Å². The molecule has 0 fully saturated rings. The van der Waals surface area contributed by atoms with Crippen molar-refractivity contribution in [2.45, 2.75) is 32.9 Å². The van der Waals surface area contributed by atoms with Gasteiger partial charge in [-0.2, -0.15) is 0 Å². The van der Waals surface area contributed by atoms with Crippen molar-refractivity contribution in [3.8, 4) is 0 Å². The van der Waals surface area contributed by atoms with Crippen LogP contribution in [0.3, 0.4) is 0 Å². The number of aromatic nitrogens is 2. The second kappa shape index (κ2) is 4.42. The average Bonchev–Trinajstić information content (AvgIpc) is 2.69. The Kier molecular flexibility index (Phi) is 3.09. The van der Waals surface area contributed by atoms with Crippen LogP contribution >= 0.6 is 0 Å². The first-order chi connectivity index (χ1) is 8.42. The first-order valence-corrected chi connectivity index (χ1v) is 5.81. The van der Waals surface area contributed by atoms with Crippen LogP contribution in [0, 0.1) is 0 Å². The van der Waals surface area contributed by atoms with E-state index in [4.69, 9.17) is 10.5 Å². The summed E-state index contributed by atoms with van der Waals surface area (Å²) in [6.45, 7) is 5.90. The second-order valence-electron chi connectivity index (χ2n) is 5.08. The molecule has 0 aliphatic rings. The van der Waals surface area contributed by atoms with Crippen LogP contribution in [-0.4, -0.2) is 21.2 Å². The Morgan fingerprint density at radius 1 is 1.44 bits per heavy atom. The highest BCUT2D eigenvalue weighted by Gasteiger charge is 2.19. The maximum Gasteiger partial charge on any atom is 0.420 e. The Hall–Kier alpha value is -1.88. The number of nitrogens with zero attached hydrogens (tertiary/aromatic N) is 2. The van der Waals surface area contributed by atoms with Gasteiger partial charge in [-0.15, -0.1) is 0 Å². The lowest BCUT2D eigenvalue weighted by molar-refractivity contribution is 0.0543. The third-order valence-corrected chi connectivity index (χ3v) is 2.49. The maximum absolute atomic E-state index is 12.0. The predicted octanol–water partition coefficient (Wildman–Crippen LogP) is 2.28. The minimum absolute atomic E-state index is 0.414. The Morgan fingerprint density at radius 2 is 2.17 bits per heavy atom. The maximum atomic E-state index is 12.0. The molecule has 0 radical (unpaired) electrons. The molecule has 0 saturated heterocycles. The van der Waals surface area contributed by atoms with Crippen LogP contribution in [0.1, 0.15) is 26.3 Å². The highest BCUT2D eigenvalue weighted by Crippen LogP contribution is 2.19. The fourth-order valence-corrected chi connectivity index (χ4v) is 1.73. The summed E-state index contributed by atoms with van der Waals surface area (Å²) in [6, 6.07) is 3.68. The lowest BCUT2D eigenvalue weighted by atomic mass is 10.2. The first kappa shape index (κ1) is 12.6. The van der Waals surface area contributed by atoms with Gasteiger partial charge in [-0.3, -0.25) is 0 Å². The second-order valence-corrected chi connectivity index (χ2v) is 5.08. The zero-order valence-electron chi connectivity index (χ0n) is 10.8. The van der Waals surface area contributed by atoms with Gasteiger partial charge in [0.15, 0.2) is 0 Å². The number of rotatable bonds is 1. The molecule has 2 aromatic heterocycles. The molecule has 0 spiro atoms. The number of hydrogen-bond donors (Lipinski definition) is 1. The predicted molar refractivity (Wildman–Crippen MR) is 69.3 cm³/mol. The lowest BCUT2D eigenvalue weighted by Gasteiger charge is -2.19. The summed E-state index contributed by atoms with van der Waals surface area (Å²) in [5.74, 6) is 0. The van der Waals surface area contributed by atoms with E-state index in [-0.39, 0.29) is 0 Å². The molecule has 0 saturated carbocycles. The number of ether oxygens (including phenoxy) is 1. The molecule has 5 nitrogen and oxygen atoms in total. The standard InChI is InChI=1S/C13H17N3O2/c1-13(2,3)18-12(17)16-7-5-10-9(8-14)4-6-15-11(10)16/h4-7H,8,14H2,1-3H3. The third-order valence-electron chi connectivity index (χ3n) is 2.49. The van der Waals surface area contributed by atoms with E-state index in [0.29, 0.717) is 12.2 Å². The van der Waals surface area contributed by atoms with Crippen molar-refractivity contribution in [3.63, 3.8) is 0 Å². The fourth-order valence-electron chi connectivity index (χ4n) is 1.73. The number of hydrogen-bond acceptors (Lipinski definition) is 4. The van der Waals surface area contributed by atoms with E-state index in [1.165, 1.54) is 4.57 Å². The number of nitrogens with two attached hydrogens (primary N) is 1. The zero-order valence-corrected chi connectivity index (χ0v) is 10.8. The van der Waals surface area contributed by atoms with Crippen molar-refractivity contribution in [2.24, 2.45) is 5.73 Å². The Labute approximate surface area is 106 Å². The largest absolute Gasteiger partial charge is 0.443 e. The van der Waals surface area contributed by atoms with E-state index in [0.717, 1.165) is 10.9 Å². The van der Waals surface area contributed by atoms with Crippen LogP contribution in [-0.2, 0) is 11.3 Å². The summed E-state index contributed by atoms with van der Waals surface area (Å²) in [4.78, 5) is 16.2. The Bertz CT molecular complexity index is 581. The molecule has 2 rings (SSSR count). The normalized spacial score (nSPS) is 11.8. The molecule has 18 heavy (non-hydrogen) atoms. The summed E-state index contributed by atoms with van der Waals surface area (Å²) in [6.07, 6.45) is 2.87. The van der Waals surface area contributed by atoms with E-state index in [1.54, 1.807) is 12.4 Å². The van der Waals surface area contributed by atoms with E-state index in [2.05, 4.69) is 4.98 Å². The Balaban J connectivity index is 2.44. The molecule has 5 heteroatoms. The van der Waals surface area contributed by atoms with Crippen molar-refractivity contribution in [1.29, 1.82) is 0 Å². The van der Waals surface area contributed by atoms with Crippen molar-refractivity contribution < 1.29 is 9.53 Å². The topological polar surface area (TPSA) is 70.1 Å². The highest BCUT2D eigenvalue weighted by molar-refractivity contribution is 5.88. The summed E-state index contributed by atoms with van der Waals surface area (Å²) in [5, 5.41) is 0.880. The van der Waals surface area contributed by atoms with Gasteiger partial charge in [0.2, 0.25) is 0 Å². The van der Waals surface area contributed by atoms with Crippen molar-refractivity contribution >= 4 is 17.1 Å². The molecule has 0 amide bonds. The van der Waals surface area contributed by atoms with Crippen LogP contribution in [0.5, 0.6) is 0 Å². The Morgan fingerprint density at radius 3 is 2.78 bits per heavy atom. The van der Waals surface area contributed by atoms with Gasteiger partial charge in [0.1, 0.15) is 11.2 Å². The van der Waals surface area contributed by atoms with Crippen LogP contribution in [0.25, 0.3) is 11.0 Å². The van der Waals surface area contributed by atoms with E-state index in [9.17, 15) is 4.79 Å². The monoisotopic (exact) mass is 247 g/mol. The fraction of sp³-hybridized carbons (Fsp3) is 0.385. The zero-order chi connectivity index (χ0) is 13.3. The molecule has 2 heterocycles. The van der Waals surface area contributed by atoms with Gasteiger partial charge in [-0.25, -0.2) is 14.3 Å². The highest BCUT2D eigenvalue weighted by atomic mass is 16.6. The van der Waals surface area contributed by atoms with Crippen molar-refractivity contribution in [1.82, 2.24) is 9.55 Å². The molecule has 0 aliphatic heterocycles. The van der Waals surface area contributed by atoms with E-state index < -0.39 is 11.7 Å². The van der Waals surface area contributed by atoms with Crippen molar-refractivity contribution in [2.75, 3.05) is 0 Å². The van der Waals surface area contributed by atoms with Crippen LogP contribution < -0.4 is 5.73 Å². The smallest absolute Gasteiger partial charge is 0.420 e. The molecule has 96 valence electrons. The van der Waals surface area contributed by atoms with Gasteiger partial charge in [0.25, 0.3) is 0 Å². The summed E-state index contributed by atoms with van der Waals surface area (Å²) < 4.78 is 6.72. The summed E-state index contributed by atoms with van der Waals surface area (Å²) >= 11 is 0. The molecule has 2 aromatic rings. The number of fused-ring (bicyclic) bond motifs is 1. The SMILES string of the molecule is CC(C)(C)OC(=O)n1ccc2c(CN)ccnc21. The summed E-state index contributed by atoms with van der Waals surface area (Å²) in [7, 11) is 0. The lowest BCUT2D eigenvalue weighted by Crippen LogP contribution is -2.26. The molecule has 0 aromatic carbocycles. The average molecular weight is 247 g/mol. The van der Waals surface area contributed by atoms with Crippen LogP contribution in [0.4, 0.5) is 4.79 Å². The molecular weight excluding hydrogens is 230 g/mol. The quantitative estimate of drug-likeness (QED) is 0.839. The number of carbonyl (C=O) groups excluding carboxylic acids is 1. The number of pyridine rings is 1. The van der Waals surface area contributed by atoms with Crippen molar-refractivity contribution in [3.05, 3.63) is 30.1 Å². The van der Waals surface area contributed by atoms with Gasteiger partial charge in [-0.1, -0.05) is 0 Å². The summed E-state index contributed by atoms with van der Waals surface area (Å²) in [5.41, 5.74) is 6.66. The van der Waals surface area contributed by atoms with Gasteiger partial charge >= 0.3 is 6.09 Å². The van der Waals surface area contributed by atoms with E-state index >= 15 is 0 Å². The van der Waals surface area contributed by atoms with Crippen LogP contribution in [0.15, 0.2) is 24.5 Å². The minimum Gasteiger partial charge on any atom is -0.443 e. The molecule has 0 aliphatic carbocycles. The number of carbonyl (C=O) groups is 1. The third kappa shape index (κ3) is 2.36. The molecule has 0 atom stereocenters.